The monoisotopic (exact) mass is 421 g/mol. The molecule has 3 aromatic rings. The van der Waals surface area contributed by atoms with Crippen LogP contribution in [0, 0.1) is 6.92 Å². The molecule has 0 saturated carbocycles. The molecule has 2 N–H and O–H groups in total. The van der Waals surface area contributed by atoms with Crippen molar-refractivity contribution < 1.29 is 16.8 Å². The zero-order valence-corrected chi connectivity index (χ0v) is 17.6. The van der Waals surface area contributed by atoms with Crippen molar-refractivity contribution in [3.63, 3.8) is 0 Å². The van der Waals surface area contributed by atoms with Crippen LogP contribution in [0.2, 0.25) is 0 Å². The highest BCUT2D eigenvalue weighted by Crippen LogP contribution is 2.23. The van der Waals surface area contributed by atoms with Gasteiger partial charge in [0.05, 0.1) is 9.79 Å². The number of sulfonamides is 2. The summed E-state index contributed by atoms with van der Waals surface area (Å²) in [7, 11) is -7.47. The minimum atomic E-state index is -3.84. The van der Waals surface area contributed by atoms with E-state index in [0.717, 1.165) is 16.6 Å². The standard InChI is InChI=1S/C19H23N3O4S2/c1-4-22(5-2)28(25,26)18-9-7-17(8-10-18)27(23,24)21-16-6-11-19-15(13-16)12-14(3)20-19/h6-13,20-21H,4-5H2,1-3H3. The van der Waals surface area contributed by atoms with Gasteiger partial charge in [-0.15, -0.1) is 0 Å². The van der Waals surface area contributed by atoms with Crippen molar-refractivity contribution in [1.29, 1.82) is 0 Å². The highest BCUT2D eigenvalue weighted by atomic mass is 32.2. The molecule has 1 heterocycles. The van der Waals surface area contributed by atoms with Gasteiger partial charge >= 0.3 is 0 Å². The van der Waals surface area contributed by atoms with Crippen LogP contribution in [0.1, 0.15) is 19.5 Å². The Bertz CT molecular complexity index is 1190. The van der Waals surface area contributed by atoms with E-state index in [2.05, 4.69) is 9.71 Å². The van der Waals surface area contributed by atoms with E-state index in [9.17, 15) is 16.8 Å². The van der Waals surface area contributed by atoms with E-state index >= 15 is 0 Å². The van der Waals surface area contributed by atoms with Crippen molar-refractivity contribution in [3.05, 3.63) is 54.2 Å². The molecule has 0 aliphatic heterocycles. The second-order valence-electron chi connectivity index (χ2n) is 6.42. The number of H-pyrrole nitrogens is 1. The van der Waals surface area contributed by atoms with Crippen LogP contribution in [0.15, 0.2) is 58.3 Å². The number of hydrogen-bond acceptors (Lipinski definition) is 4. The number of aryl methyl sites for hydroxylation is 1. The molecule has 0 fully saturated rings. The first-order valence-corrected chi connectivity index (χ1v) is 11.8. The third-order valence-electron chi connectivity index (χ3n) is 4.48. The zero-order chi connectivity index (χ0) is 20.5. The number of benzene rings is 2. The molecule has 0 amide bonds. The quantitative estimate of drug-likeness (QED) is 0.611. The molecule has 0 saturated heterocycles. The van der Waals surface area contributed by atoms with Crippen molar-refractivity contribution in [2.75, 3.05) is 17.8 Å². The van der Waals surface area contributed by atoms with Crippen molar-refractivity contribution in [2.24, 2.45) is 0 Å². The molecule has 7 nitrogen and oxygen atoms in total. The van der Waals surface area contributed by atoms with Crippen LogP contribution >= 0.6 is 0 Å². The molecule has 0 bridgehead atoms. The third kappa shape index (κ3) is 3.91. The molecule has 0 spiro atoms. The summed E-state index contributed by atoms with van der Waals surface area (Å²) in [6.07, 6.45) is 0. The minimum absolute atomic E-state index is 0.00339. The summed E-state index contributed by atoms with van der Waals surface area (Å²) in [5.41, 5.74) is 2.35. The highest BCUT2D eigenvalue weighted by molar-refractivity contribution is 7.92. The number of anilines is 1. The van der Waals surface area contributed by atoms with Crippen LogP contribution in [0.3, 0.4) is 0 Å². The lowest BCUT2D eigenvalue weighted by Crippen LogP contribution is -2.30. The van der Waals surface area contributed by atoms with Crippen LogP contribution < -0.4 is 4.72 Å². The van der Waals surface area contributed by atoms with Crippen molar-refractivity contribution in [3.8, 4) is 0 Å². The van der Waals surface area contributed by atoms with Crippen molar-refractivity contribution >= 4 is 36.6 Å². The fraction of sp³-hybridized carbons (Fsp3) is 0.263. The summed E-state index contributed by atoms with van der Waals surface area (Å²) in [5.74, 6) is 0. The lowest BCUT2D eigenvalue weighted by atomic mass is 10.2. The van der Waals surface area contributed by atoms with Gasteiger partial charge in [-0.3, -0.25) is 4.72 Å². The van der Waals surface area contributed by atoms with Crippen LogP contribution in [-0.4, -0.2) is 39.2 Å². The van der Waals surface area contributed by atoms with E-state index in [-0.39, 0.29) is 9.79 Å². The zero-order valence-electron chi connectivity index (χ0n) is 15.9. The van der Waals surface area contributed by atoms with Crippen LogP contribution in [0.4, 0.5) is 5.69 Å². The first-order valence-electron chi connectivity index (χ1n) is 8.90. The van der Waals surface area contributed by atoms with Gasteiger partial charge in [-0.05, 0) is 55.5 Å². The highest BCUT2D eigenvalue weighted by Gasteiger charge is 2.22. The Balaban J connectivity index is 1.87. The molecule has 0 aliphatic rings. The third-order valence-corrected chi connectivity index (χ3v) is 7.95. The number of fused-ring (bicyclic) bond motifs is 1. The van der Waals surface area contributed by atoms with Gasteiger partial charge < -0.3 is 4.98 Å². The van der Waals surface area contributed by atoms with Gasteiger partial charge in [0.1, 0.15) is 0 Å². The van der Waals surface area contributed by atoms with Gasteiger partial charge in [-0.1, -0.05) is 13.8 Å². The molecular weight excluding hydrogens is 398 g/mol. The lowest BCUT2D eigenvalue weighted by molar-refractivity contribution is 0.445. The Morgan fingerprint density at radius 2 is 1.50 bits per heavy atom. The largest absolute Gasteiger partial charge is 0.359 e. The Morgan fingerprint density at radius 1 is 0.893 bits per heavy atom. The fourth-order valence-corrected chi connectivity index (χ4v) is 5.57. The molecule has 0 aliphatic carbocycles. The summed E-state index contributed by atoms with van der Waals surface area (Å²) in [6.45, 7) is 6.14. The summed E-state index contributed by atoms with van der Waals surface area (Å²) < 4.78 is 54.3. The number of aromatic nitrogens is 1. The predicted octanol–water partition coefficient (Wildman–Crippen LogP) is 3.31. The number of aromatic amines is 1. The van der Waals surface area contributed by atoms with E-state index in [1.165, 1.54) is 28.6 Å². The molecule has 1 aromatic heterocycles. The molecule has 0 radical (unpaired) electrons. The van der Waals surface area contributed by atoms with Gasteiger partial charge in [-0.25, -0.2) is 16.8 Å². The molecular formula is C19H23N3O4S2. The predicted molar refractivity (Wildman–Crippen MR) is 110 cm³/mol. The smallest absolute Gasteiger partial charge is 0.261 e. The SMILES string of the molecule is CCN(CC)S(=O)(=O)c1ccc(S(=O)(=O)Nc2ccc3[nH]c(C)cc3c2)cc1. The summed E-state index contributed by atoms with van der Waals surface area (Å²) in [5, 5.41) is 0.901. The van der Waals surface area contributed by atoms with E-state index in [0.29, 0.717) is 18.8 Å². The number of nitrogens with one attached hydrogen (secondary N) is 2. The first kappa shape index (κ1) is 20.4. The Hall–Kier alpha value is -2.36. The fourth-order valence-electron chi connectivity index (χ4n) is 3.06. The van der Waals surface area contributed by atoms with Gasteiger partial charge in [-0.2, -0.15) is 4.31 Å². The summed E-state index contributed by atoms with van der Waals surface area (Å²) >= 11 is 0. The van der Waals surface area contributed by atoms with Crippen LogP contribution in [-0.2, 0) is 20.0 Å². The molecule has 150 valence electrons. The van der Waals surface area contributed by atoms with Gasteiger partial charge in [0.25, 0.3) is 10.0 Å². The Labute approximate surface area is 165 Å². The Morgan fingerprint density at radius 3 is 2.11 bits per heavy atom. The number of nitrogens with zero attached hydrogens (tertiary/aromatic N) is 1. The molecule has 3 rings (SSSR count). The molecule has 2 aromatic carbocycles. The minimum Gasteiger partial charge on any atom is -0.359 e. The van der Waals surface area contributed by atoms with Crippen LogP contribution in [0.5, 0.6) is 0 Å². The molecule has 28 heavy (non-hydrogen) atoms. The Kier molecular flexibility index (Phi) is 5.51. The van der Waals surface area contributed by atoms with E-state index in [4.69, 9.17) is 0 Å². The second-order valence-corrected chi connectivity index (χ2v) is 10.0. The summed E-state index contributed by atoms with van der Waals surface area (Å²) in [4.78, 5) is 3.25. The average Bonchev–Trinajstić information content (AvgIpc) is 3.01. The topological polar surface area (TPSA) is 99.3 Å². The lowest BCUT2D eigenvalue weighted by Gasteiger charge is -2.18. The number of hydrogen-bond donors (Lipinski definition) is 2. The van der Waals surface area contributed by atoms with Crippen LogP contribution in [0.25, 0.3) is 10.9 Å². The van der Waals surface area contributed by atoms with Crippen molar-refractivity contribution in [1.82, 2.24) is 9.29 Å². The van der Waals surface area contributed by atoms with E-state index < -0.39 is 20.0 Å². The van der Waals surface area contributed by atoms with E-state index in [1.54, 1.807) is 32.0 Å². The molecule has 0 atom stereocenters. The average molecular weight is 422 g/mol. The summed E-state index contributed by atoms with van der Waals surface area (Å²) in [6, 6.07) is 12.4. The maximum atomic E-state index is 12.7. The normalized spacial score (nSPS) is 12.6. The molecule has 0 unspecified atom stereocenters. The van der Waals surface area contributed by atoms with Gasteiger partial charge in [0.15, 0.2) is 0 Å². The van der Waals surface area contributed by atoms with E-state index in [1.807, 2.05) is 13.0 Å². The first-order chi connectivity index (χ1) is 13.2. The maximum absolute atomic E-state index is 12.7. The molecule has 9 heteroatoms. The van der Waals surface area contributed by atoms with Gasteiger partial charge in [0.2, 0.25) is 10.0 Å². The second kappa shape index (κ2) is 7.57. The van der Waals surface area contributed by atoms with Gasteiger partial charge in [0, 0.05) is 35.4 Å². The van der Waals surface area contributed by atoms with Crippen molar-refractivity contribution in [2.45, 2.75) is 30.6 Å². The number of rotatable bonds is 7. The maximum Gasteiger partial charge on any atom is 0.261 e.